The van der Waals surface area contributed by atoms with E-state index in [9.17, 15) is 14.4 Å². The Morgan fingerprint density at radius 2 is 0.583 bits per heavy atom. The van der Waals surface area contributed by atoms with Gasteiger partial charge in [-0.15, -0.1) is 0 Å². The van der Waals surface area contributed by atoms with Crippen molar-refractivity contribution in [3.8, 4) is 68.3 Å². The Kier molecular flexibility index (Phi) is 17.8. The van der Waals surface area contributed by atoms with Gasteiger partial charge < -0.3 is 64.6 Å². The molecule has 0 aliphatic carbocycles. The van der Waals surface area contributed by atoms with E-state index in [-0.39, 0.29) is 18.1 Å². The molecule has 0 spiro atoms. The molecule has 0 fully saturated rings. The molecule has 0 saturated heterocycles. The molecule has 0 radical (unpaired) electrons. The summed E-state index contributed by atoms with van der Waals surface area (Å²) < 4.78 is 23.2. The van der Waals surface area contributed by atoms with Gasteiger partial charge in [0.1, 0.15) is 85.7 Å². The second-order valence-electron chi connectivity index (χ2n) is 23.2. The van der Waals surface area contributed by atoms with Crippen LogP contribution in [-0.2, 0) is 0 Å². The van der Waals surface area contributed by atoms with Crippen LogP contribution in [-0.4, -0.2) is 66.7 Å². The van der Waals surface area contributed by atoms with Gasteiger partial charge in [-0.2, -0.15) is 15.3 Å². The number of carbonyl (C=O) groups excluding carboxylic acids is 3. The molecule has 6 heterocycles. The van der Waals surface area contributed by atoms with Gasteiger partial charge in [0.25, 0.3) is 17.7 Å². The zero-order valence-corrected chi connectivity index (χ0v) is 52.1. The van der Waals surface area contributed by atoms with Gasteiger partial charge in [0.2, 0.25) is 0 Å². The average molecular weight is 1280 g/mol. The van der Waals surface area contributed by atoms with Crippen LogP contribution in [0.5, 0.6) is 34.5 Å². The number of primary amides is 3. The number of benzene rings is 9. The van der Waals surface area contributed by atoms with Gasteiger partial charge >= 0.3 is 0 Å². The Morgan fingerprint density at radius 1 is 0.333 bits per heavy atom. The Labute approximate surface area is 553 Å². The lowest BCUT2D eigenvalue weighted by atomic mass is 10.0. The van der Waals surface area contributed by atoms with Crippen molar-refractivity contribution < 1.29 is 28.6 Å². The van der Waals surface area contributed by atoms with Crippen LogP contribution in [0.2, 0.25) is 0 Å². The van der Waals surface area contributed by atoms with Crippen molar-refractivity contribution in [2.75, 3.05) is 52.8 Å². The van der Waals surface area contributed by atoms with Crippen LogP contribution in [0.3, 0.4) is 0 Å². The number of nitrogens with two attached hydrogens (primary N) is 6. The van der Waals surface area contributed by atoms with Gasteiger partial charge in [0, 0.05) is 53.4 Å². The molecule has 480 valence electrons. The predicted molar refractivity (Wildman–Crippen MR) is 374 cm³/mol. The van der Waals surface area contributed by atoms with E-state index in [1.165, 1.54) is 0 Å². The fourth-order valence-corrected chi connectivity index (χ4v) is 12.3. The monoisotopic (exact) mass is 1280 g/mol. The van der Waals surface area contributed by atoms with E-state index >= 15 is 0 Å². The molecule has 3 aliphatic rings. The van der Waals surface area contributed by atoms with Crippen molar-refractivity contribution in [3.05, 3.63) is 270 Å². The van der Waals surface area contributed by atoms with Crippen molar-refractivity contribution in [1.29, 1.82) is 0 Å². The number of carbonyl (C=O) groups is 3. The highest BCUT2D eigenvalue weighted by molar-refractivity contribution is 6.05. The molecule has 21 nitrogen and oxygen atoms in total. The number of ether oxygens (including phenoxy) is 3. The van der Waals surface area contributed by atoms with E-state index in [0.29, 0.717) is 105 Å². The average Bonchev–Trinajstić information content (AvgIpc) is 1.63. The van der Waals surface area contributed by atoms with Crippen molar-refractivity contribution in [3.63, 3.8) is 0 Å². The van der Waals surface area contributed by atoms with Crippen LogP contribution < -0.4 is 64.6 Å². The number of aromatic nitrogens is 6. The Hall–Kier alpha value is -12.8. The molecule has 0 bridgehead atoms. The molecule has 96 heavy (non-hydrogen) atoms. The fourth-order valence-electron chi connectivity index (χ4n) is 12.3. The maximum Gasteiger partial charge on any atom is 0.254 e. The number of anilines is 6. The van der Waals surface area contributed by atoms with E-state index in [0.717, 1.165) is 69.9 Å². The van der Waals surface area contributed by atoms with Crippen molar-refractivity contribution in [2.45, 2.75) is 37.4 Å². The molecular formula is C75H69N15O6. The minimum absolute atomic E-state index is 0.0395. The first-order chi connectivity index (χ1) is 46.8. The molecule has 3 atom stereocenters. The SMILES string of the molecule is NC(=O)c1c(-c2ccc(Oc3ccccc3)cc2)nn2c1NCCC2c1cccc(N)c1.NC(=O)c1c(-c2ccc(Oc3ccccc3)cc2)nn2c1NCCC2c1cccc(N)c1.NC(=O)c1c(-c2ccc(Oc3ccccc3)cc2)nn2c1NCCC2c1cccc(N)c1. The molecule has 3 amide bonds. The highest BCUT2D eigenvalue weighted by Gasteiger charge is 2.34. The second kappa shape index (κ2) is 27.6. The standard InChI is InChI=1S/3C25H23N5O2/c3*26-18-6-4-5-17(15-18)21-13-14-28-25-22(24(27)31)23(29-30(21)25)16-9-11-20(12-10-16)32-19-7-2-1-3-8-19/h3*1-12,15,21,28H,13-14,26H2,(H2,27,31). The van der Waals surface area contributed by atoms with Gasteiger partial charge in [-0.1, -0.05) is 91.0 Å². The third-order valence-corrected chi connectivity index (χ3v) is 16.7. The van der Waals surface area contributed by atoms with Crippen LogP contribution >= 0.6 is 0 Å². The smallest absolute Gasteiger partial charge is 0.254 e. The number of para-hydroxylation sites is 3. The van der Waals surface area contributed by atoms with E-state index in [2.05, 4.69) is 16.0 Å². The lowest BCUT2D eigenvalue weighted by Gasteiger charge is -2.26. The Bertz CT molecular complexity index is 4270. The first-order valence-corrected chi connectivity index (χ1v) is 31.3. The minimum atomic E-state index is -0.522. The fraction of sp³-hybridized carbons (Fsp3) is 0.120. The zero-order valence-electron chi connectivity index (χ0n) is 52.1. The molecule has 3 unspecified atom stereocenters. The summed E-state index contributed by atoms with van der Waals surface area (Å²) in [5.74, 6) is 4.69. The van der Waals surface area contributed by atoms with E-state index < -0.39 is 17.7 Å². The quantitative estimate of drug-likeness (QED) is 0.0431. The molecule has 15 N–H and O–H groups in total. The summed E-state index contributed by atoms with van der Waals surface area (Å²) in [6.07, 6.45) is 2.46. The summed E-state index contributed by atoms with van der Waals surface area (Å²) in [6, 6.07) is 74.3. The van der Waals surface area contributed by atoms with Crippen molar-refractivity contribution in [2.24, 2.45) is 17.2 Å². The van der Waals surface area contributed by atoms with Crippen LogP contribution in [0.4, 0.5) is 34.5 Å². The van der Waals surface area contributed by atoms with Gasteiger partial charge in [0.15, 0.2) is 0 Å². The van der Waals surface area contributed by atoms with Crippen LogP contribution in [0, 0.1) is 0 Å². The number of amides is 3. The molecule has 3 aromatic heterocycles. The molecule has 3 aliphatic heterocycles. The first-order valence-electron chi connectivity index (χ1n) is 31.3. The highest BCUT2D eigenvalue weighted by atomic mass is 16.5. The summed E-state index contributed by atoms with van der Waals surface area (Å²) in [4.78, 5) is 37.3. The number of nitrogens with zero attached hydrogens (tertiary/aromatic N) is 6. The molecule has 0 saturated carbocycles. The summed E-state index contributed by atoms with van der Waals surface area (Å²) >= 11 is 0. The largest absolute Gasteiger partial charge is 0.457 e. The van der Waals surface area contributed by atoms with Crippen LogP contribution in [0.1, 0.15) is 85.2 Å². The summed E-state index contributed by atoms with van der Waals surface area (Å²) in [5.41, 5.74) is 45.7. The van der Waals surface area contributed by atoms with Crippen LogP contribution in [0.15, 0.2) is 237 Å². The normalized spacial score (nSPS) is 14.9. The van der Waals surface area contributed by atoms with Crippen molar-refractivity contribution >= 4 is 52.2 Å². The predicted octanol–water partition coefficient (Wildman–Crippen LogP) is 13.3. The second-order valence-corrected chi connectivity index (χ2v) is 23.2. The van der Waals surface area contributed by atoms with E-state index in [1.54, 1.807) is 0 Å². The summed E-state index contributed by atoms with van der Waals surface area (Å²) in [7, 11) is 0. The molecule has 21 heteroatoms. The Balaban J connectivity index is 0.000000130. The first kappa shape index (κ1) is 62.0. The lowest BCUT2D eigenvalue weighted by Crippen LogP contribution is -2.26. The van der Waals surface area contributed by atoms with E-state index in [1.807, 2.05) is 251 Å². The Morgan fingerprint density at radius 3 is 0.823 bits per heavy atom. The van der Waals surface area contributed by atoms with Gasteiger partial charge in [0.05, 0.1) is 18.1 Å². The molecule has 9 aromatic carbocycles. The molecule has 15 rings (SSSR count). The van der Waals surface area contributed by atoms with Gasteiger partial charge in [-0.05, 0) is 182 Å². The number of nitrogen functional groups attached to an aromatic ring is 3. The van der Waals surface area contributed by atoms with Crippen LogP contribution in [0.25, 0.3) is 33.8 Å². The third kappa shape index (κ3) is 13.4. The maximum atomic E-state index is 12.4. The number of hydrogen-bond donors (Lipinski definition) is 9. The van der Waals surface area contributed by atoms with Gasteiger partial charge in [-0.3, -0.25) is 14.4 Å². The minimum Gasteiger partial charge on any atom is -0.457 e. The summed E-state index contributed by atoms with van der Waals surface area (Å²) in [6.45, 7) is 2.11. The maximum absolute atomic E-state index is 12.4. The zero-order chi connectivity index (χ0) is 66.2. The number of fused-ring (bicyclic) bond motifs is 3. The molecular weight excluding hydrogens is 1210 g/mol. The summed E-state index contributed by atoms with van der Waals surface area (Å²) in [5, 5.41) is 24.4. The van der Waals surface area contributed by atoms with Crippen molar-refractivity contribution in [1.82, 2.24) is 29.3 Å². The van der Waals surface area contributed by atoms with E-state index in [4.69, 9.17) is 63.9 Å². The number of nitrogens with one attached hydrogen (secondary N) is 3. The number of hydrogen-bond acceptors (Lipinski definition) is 15. The molecule has 12 aromatic rings. The lowest BCUT2D eigenvalue weighted by molar-refractivity contribution is 0.0993. The highest BCUT2D eigenvalue weighted by Crippen LogP contribution is 2.42. The van der Waals surface area contributed by atoms with Gasteiger partial charge in [-0.25, -0.2) is 14.0 Å². The topological polar surface area (TPSA) is 325 Å². The third-order valence-electron chi connectivity index (χ3n) is 16.7. The number of rotatable bonds is 15.